The molecule has 0 spiro atoms. The largest absolute Gasteiger partial charge is 0.481 e. The number of hydrogen-bond acceptors (Lipinski definition) is 3. The van der Waals surface area contributed by atoms with Gasteiger partial charge in [0.15, 0.2) is 0 Å². The molecule has 34 heavy (non-hydrogen) atoms. The maximum absolute atomic E-state index is 10.9. The molecule has 0 aromatic heterocycles. The molecule has 0 fully saturated rings. The summed E-state index contributed by atoms with van der Waals surface area (Å²) in [5, 5.41) is 26.9. The van der Waals surface area contributed by atoms with Crippen molar-refractivity contribution in [3.05, 3.63) is 12.2 Å². The van der Waals surface area contributed by atoms with Crippen LogP contribution in [0.25, 0.3) is 0 Å². The molecule has 0 aromatic rings. The fraction of sp³-hybridized carbons (Fsp3) is 0.815. The minimum Gasteiger partial charge on any atom is -0.481 e. The van der Waals surface area contributed by atoms with Crippen LogP contribution in [0.1, 0.15) is 116 Å². The predicted molar refractivity (Wildman–Crippen MR) is 136 cm³/mol. The number of nitrogens with zero attached hydrogens (tertiary/aromatic N) is 1. The van der Waals surface area contributed by atoms with Gasteiger partial charge in [0.1, 0.15) is 0 Å². The van der Waals surface area contributed by atoms with Gasteiger partial charge in [-0.2, -0.15) is 0 Å². The van der Waals surface area contributed by atoms with Crippen molar-refractivity contribution in [2.75, 3.05) is 26.2 Å². The fourth-order valence-corrected chi connectivity index (χ4v) is 4.54. The van der Waals surface area contributed by atoms with Gasteiger partial charge in [-0.1, -0.05) is 38.3 Å². The van der Waals surface area contributed by atoms with Crippen molar-refractivity contribution in [2.45, 2.75) is 116 Å². The highest BCUT2D eigenvalue weighted by Crippen LogP contribution is 2.19. The summed E-state index contributed by atoms with van der Waals surface area (Å²) in [7, 11) is 0. The van der Waals surface area contributed by atoms with Crippen LogP contribution < -0.4 is 0 Å². The lowest BCUT2D eigenvalue weighted by atomic mass is 10.1. The molecule has 7 heteroatoms. The van der Waals surface area contributed by atoms with E-state index >= 15 is 0 Å². The van der Waals surface area contributed by atoms with E-state index in [1.54, 1.807) is 0 Å². The summed E-state index contributed by atoms with van der Waals surface area (Å²) >= 11 is 0. The summed E-state index contributed by atoms with van der Waals surface area (Å²) in [4.78, 5) is 32.8. The van der Waals surface area contributed by atoms with E-state index in [0.717, 1.165) is 69.2 Å². The fourth-order valence-electron chi connectivity index (χ4n) is 4.54. The van der Waals surface area contributed by atoms with Crippen molar-refractivity contribution in [3.8, 4) is 0 Å². The Kier molecular flexibility index (Phi) is 20.4. The maximum Gasteiger partial charge on any atom is 0.303 e. The third-order valence-electron chi connectivity index (χ3n) is 6.47. The van der Waals surface area contributed by atoms with Crippen molar-refractivity contribution in [3.63, 3.8) is 0 Å². The smallest absolute Gasteiger partial charge is 0.303 e. The second-order valence-corrected chi connectivity index (χ2v) is 9.58. The molecule has 0 bridgehead atoms. The van der Waals surface area contributed by atoms with Gasteiger partial charge < -0.3 is 19.8 Å². The van der Waals surface area contributed by atoms with Crippen LogP contribution in [0.2, 0.25) is 0 Å². The summed E-state index contributed by atoms with van der Waals surface area (Å²) in [6, 6.07) is 0. The van der Waals surface area contributed by atoms with Gasteiger partial charge in [0, 0.05) is 19.3 Å². The SMILES string of the molecule is CC/C=C/CCCCCCCC[N+](CCCCC(=O)O)(CCCCC(=O)O)CCCCC(=O)O. The lowest BCUT2D eigenvalue weighted by Gasteiger charge is -2.39. The average Bonchev–Trinajstić information content (AvgIpc) is 2.78. The molecule has 0 atom stereocenters. The van der Waals surface area contributed by atoms with Gasteiger partial charge in [0.25, 0.3) is 0 Å². The molecule has 0 rings (SSSR count). The van der Waals surface area contributed by atoms with Gasteiger partial charge in [-0.25, -0.2) is 0 Å². The Morgan fingerprint density at radius 2 is 0.882 bits per heavy atom. The molecule has 0 aliphatic carbocycles. The molecule has 0 radical (unpaired) electrons. The number of quaternary nitrogens is 1. The standard InChI is InChI=1S/C27H49NO6/c1-2-3-4-5-6-7-8-9-10-14-21-28(22-15-11-18-25(29)30,23-16-12-19-26(31)32)24-17-13-20-27(33)34/h3-4H,2,5-24H2,1H3,(H2-,29,30,31,32,33,34)/p+1/b4-3+. The Hall–Kier alpha value is -1.89. The molecule has 0 aliphatic rings. The number of allylic oxidation sites excluding steroid dienone is 2. The van der Waals surface area contributed by atoms with E-state index in [4.69, 9.17) is 15.3 Å². The zero-order valence-corrected chi connectivity index (χ0v) is 21.5. The quantitative estimate of drug-likeness (QED) is 0.0800. The third kappa shape index (κ3) is 20.7. The molecule has 0 saturated heterocycles. The molecule has 0 heterocycles. The van der Waals surface area contributed by atoms with Gasteiger partial charge in [0.2, 0.25) is 0 Å². The summed E-state index contributed by atoms with van der Waals surface area (Å²) in [6.45, 7) is 5.82. The summed E-state index contributed by atoms with van der Waals surface area (Å²) in [5.41, 5.74) is 0. The lowest BCUT2D eigenvalue weighted by molar-refractivity contribution is -0.929. The molecule has 198 valence electrons. The Bertz CT molecular complexity index is 520. The topological polar surface area (TPSA) is 112 Å². The Balaban J connectivity index is 4.76. The monoisotopic (exact) mass is 484 g/mol. The first-order chi connectivity index (χ1) is 16.3. The summed E-state index contributed by atoms with van der Waals surface area (Å²) in [5.74, 6) is -2.32. The first-order valence-electron chi connectivity index (χ1n) is 13.5. The minimum absolute atomic E-state index is 0.172. The number of carbonyl (C=O) groups is 3. The molecular weight excluding hydrogens is 434 g/mol. The van der Waals surface area contributed by atoms with Crippen molar-refractivity contribution in [2.24, 2.45) is 0 Å². The van der Waals surface area contributed by atoms with E-state index in [0.29, 0.717) is 19.3 Å². The highest BCUT2D eigenvalue weighted by Gasteiger charge is 2.26. The van der Waals surface area contributed by atoms with Gasteiger partial charge >= 0.3 is 17.9 Å². The highest BCUT2D eigenvalue weighted by molar-refractivity contribution is 5.67. The van der Waals surface area contributed by atoms with E-state index in [9.17, 15) is 14.4 Å². The van der Waals surface area contributed by atoms with Crippen molar-refractivity contribution in [1.29, 1.82) is 0 Å². The average molecular weight is 485 g/mol. The van der Waals surface area contributed by atoms with Gasteiger partial charge in [-0.3, -0.25) is 14.4 Å². The Morgan fingerprint density at radius 1 is 0.529 bits per heavy atom. The van der Waals surface area contributed by atoms with Gasteiger partial charge in [0.05, 0.1) is 26.2 Å². The van der Waals surface area contributed by atoms with E-state index in [-0.39, 0.29) is 19.3 Å². The number of carboxylic acid groups (broad SMARTS) is 3. The normalized spacial score (nSPS) is 11.8. The molecule has 3 N–H and O–H groups in total. The molecule has 0 amide bonds. The number of unbranched alkanes of at least 4 members (excludes halogenated alkanes) is 9. The zero-order valence-electron chi connectivity index (χ0n) is 21.5. The maximum atomic E-state index is 10.9. The van der Waals surface area contributed by atoms with E-state index in [1.807, 2.05) is 0 Å². The predicted octanol–water partition coefficient (Wildman–Crippen LogP) is 6.26. The second kappa shape index (κ2) is 21.6. The van der Waals surface area contributed by atoms with Crippen LogP contribution in [0.3, 0.4) is 0 Å². The van der Waals surface area contributed by atoms with Crippen LogP contribution in [-0.2, 0) is 14.4 Å². The number of hydrogen-bond donors (Lipinski definition) is 3. The van der Waals surface area contributed by atoms with Gasteiger partial charge in [-0.05, 0) is 70.6 Å². The Morgan fingerprint density at radius 3 is 1.26 bits per heavy atom. The molecule has 7 nitrogen and oxygen atoms in total. The molecule has 0 aromatic carbocycles. The molecular formula is C27H50NO6+. The highest BCUT2D eigenvalue weighted by atomic mass is 16.4. The lowest BCUT2D eigenvalue weighted by Crippen LogP contribution is -2.51. The number of rotatable bonds is 25. The van der Waals surface area contributed by atoms with Crippen molar-refractivity contribution < 1.29 is 34.2 Å². The van der Waals surface area contributed by atoms with E-state index in [2.05, 4.69) is 19.1 Å². The zero-order chi connectivity index (χ0) is 25.5. The van der Waals surface area contributed by atoms with Crippen LogP contribution in [0, 0.1) is 0 Å². The van der Waals surface area contributed by atoms with Crippen molar-refractivity contribution >= 4 is 17.9 Å². The van der Waals surface area contributed by atoms with Crippen LogP contribution in [-0.4, -0.2) is 63.9 Å². The number of carboxylic acids is 3. The summed E-state index contributed by atoms with van der Waals surface area (Å²) in [6.07, 6.45) is 18.9. The van der Waals surface area contributed by atoms with Crippen LogP contribution >= 0.6 is 0 Å². The molecule has 0 saturated carbocycles. The summed E-state index contributed by atoms with van der Waals surface area (Å²) < 4.78 is 0.862. The van der Waals surface area contributed by atoms with Gasteiger partial charge in [-0.15, -0.1) is 0 Å². The second-order valence-electron chi connectivity index (χ2n) is 9.58. The molecule has 0 aliphatic heterocycles. The van der Waals surface area contributed by atoms with Crippen LogP contribution in [0.5, 0.6) is 0 Å². The third-order valence-corrected chi connectivity index (χ3v) is 6.47. The van der Waals surface area contributed by atoms with E-state index in [1.165, 1.54) is 32.1 Å². The molecule has 0 unspecified atom stereocenters. The van der Waals surface area contributed by atoms with Crippen LogP contribution in [0.15, 0.2) is 12.2 Å². The van der Waals surface area contributed by atoms with Crippen LogP contribution in [0.4, 0.5) is 0 Å². The minimum atomic E-state index is -0.772. The number of aliphatic carboxylic acids is 3. The first kappa shape index (κ1) is 32.1. The first-order valence-corrected chi connectivity index (χ1v) is 13.5. The van der Waals surface area contributed by atoms with Crippen molar-refractivity contribution in [1.82, 2.24) is 0 Å². The Labute approximate surface area is 206 Å². The van der Waals surface area contributed by atoms with E-state index < -0.39 is 17.9 Å².